The average molecular weight is 340 g/mol. The van der Waals surface area contributed by atoms with Crippen molar-refractivity contribution in [3.63, 3.8) is 0 Å². The second-order valence-corrected chi connectivity index (χ2v) is 6.62. The van der Waals surface area contributed by atoms with Crippen molar-refractivity contribution < 1.29 is 9.90 Å². The quantitative estimate of drug-likeness (QED) is 0.798. The van der Waals surface area contributed by atoms with Gasteiger partial charge in [-0.05, 0) is 62.4 Å². The van der Waals surface area contributed by atoms with Crippen molar-refractivity contribution in [2.75, 3.05) is 11.9 Å². The van der Waals surface area contributed by atoms with E-state index in [4.69, 9.17) is 0 Å². The van der Waals surface area contributed by atoms with E-state index in [1.54, 1.807) is 6.20 Å². The number of urea groups is 1. The fraction of sp³-hybridized carbons (Fsp3) is 0.421. The fourth-order valence-electron chi connectivity index (χ4n) is 3.15. The maximum atomic E-state index is 12.0. The van der Waals surface area contributed by atoms with E-state index in [0.717, 1.165) is 42.6 Å². The predicted octanol–water partition coefficient (Wildman–Crippen LogP) is 3.12. The third kappa shape index (κ3) is 5.00. The van der Waals surface area contributed by atoms with Crippen molar-refractivity contribution in [2.24, 2.45) is 5.92 Å². The number of aromatic nitrogens is 2. The van der Waals surface area contributed by atoms with Crippen molar-refractivity contribution in [3.8, 4) is 11.4 Å². The van der Waals surface area contributed by atoms with E-state index in [2.05, 4.69) is 20.6 Å². The number of carbonyl (C=O) groups is 1. The van der Waals surface area contributed by atoms with E-state index in [1.165, 1.54) is 0 Å². The minimum atomic E-state index is -0.223. The topological polar surface area (TPSA) is 87.1 Å². The summed E-state index contributed by atoms with van der Waals surface area (Å²) in [6.07, 6.45) is 5.24. The summed E-state index contributed by atoms with van der Waals surface area (Å²) in [4.78, 5) is 20.7. The molecule has 0 bridgehead atoms. The monoisotopic (exact) mass is 340 g/mol. The zero-order valence-electron chi connectivity index (χ0n) is 14.4. The molecule has 3 N–H and O–H groups in total. The van der Waals surface area contributed by atoms with E-state index in [1.807, 2.05) is 37.3 Å². The summed E-state index contributed by atoms with van der Waals surface area (Å²) in [6, 6.07) is 9.09. The molecule has 1 heterocycles. The molecule has 6 heteroatoms. The number of benzene rings is 1. The van der Waals surface area contributed by atoms with Gasteiger partial charge in [0, 0.05) is 29.7 Å². The van der Waals surface area contributed by atoms with Gasteiger partial charge in [-0.1, -0.05) is 6.42 Å². The summed E-state index contributed by atoms with van der Waals surface area (Å²) in [7, 11) is 0. The van der Waals surface area contributed by atoms with Crippen molar-refractivity contribution in [2.45, 2.75) is 38.7 Å². The number of aryl methyl sites for hydroxylation is 1. The van der Waals surface area contributed by atoms with Crippen LogP contribution in [0, 0.1) is 12.8 Å². The highest BCUT2D eigenvalue weighted by molar-refractivity contribution is 5.89. The Balaban J connectivity index is 1.51. The molecule has 1 aliphatic carbocycles. The van der Waals surface area contributed by atoms with Crippen molar-refractivity contribution in [1.29, 1.82) is 0 Å². The zero-order valence-corrected chi connectivity index (χ0v) is 14.4. The van der Waals surface area contributed by atoms with Crippen LogP contribution in [0.1, 0.15) is 31.4 Å². The van der Waals surface area contributed by atoms with Gasteiger partial charge in [-0.2, -0.15) is 0 Å². The van der Waals surface area contributed by atoms with Crippen molar-refractivity contribution in [3.05, 3.63) is 42.2 Å². The van der Waals surface area contributed by atoms with Crippen LogP contribution in [-0.2, 0) is 0 Å². The molecule has 2 aromatic rings. The molecule has 0 spiro atoms. The van der Waals surface area contributed by atoms with E-state index >= 15 is 0 Å². The Morgan fingerprint density at radius 3 is 2.76 bits per heavy atom. The summed E-state index contributed by atoms with van der Waals surface area (Å²) < 4.78 is 0. The molecule has 1 aliphatic rings. The molecule has 0 saturated heterocycles. The van der Waals surface area contributed by atoms with Crippen LogP contribution in [0.4, 0.5) is 10.5 Å². The van der Waals surface area contributed by atoms with E-state index < -0.39 is 0 Å². The second-order valence-electron chi connectivity index (χ2n) is 6.62. The smallest absolute Gasteiger partial charge is 0.319 e. The molecule has 3 rings (SSSR count). The number of aliphatic hydroxyl groups excluding tert-OH is 1. The first-order valence-electron chi connectivity index (χ1n) is 8.73. The number of nitrogens with one attached hydrogen (secondary N) is 2. The lowest BCUT2D eigenvalue weighted by Gasteiger charge is -2.25. The third-order valence-electron chi connectivity index (χ3n) is 4.50. The first kappa shape index (κ1) is 17.4. The highest BCUT2D eigenvalue weighted by Gasteiger charge is 2.20. The standard InChI is InChI=1S/C19H24N4O2/c1-13-9-10-20-18(22-13)15-5-7-16(8-6-15)23-19(25)21-12-14-3-2-4-17(24)11-14/h5-10,14,17,24H,2-4,11-12H2,1H3,(H2,21,23,25). The van der Waals surface area contributed by atoms with Gasteiger partial charge < -0.3 is 15.7 Å². The molecular weight excluding hydrogens is 316 g/mol. The second kappa shape index (κ2) is 8.07. The molecule has 0 radical (unpaired) electrons. The Bertz CT molecular complexity index is 718. The highest BCUT2D eigenvalue weighted by Crippen LogP contribution is 2.23. The molecule has 0 aliphatic heterocycles. The molecule has 2 amide bonds. The van der Waals surface area contributed by atoms with Crippen LogP contribution in [0.3, 0.4) is 0 Å². The van der Waals surface area contributed by atoms with Gasteiger partial charge in [-0.3, -0.25) is 0 Å². The normalized spacial score (nSPS) is 20.1. The van der Waals surface area contributed by atoms with Gasteiger partial charge in [0.1, 0.15) is 0 Å². The number of nitrogens with zero attached hydrogens (tertiary/aromatic N) is 2. The Hall–Kier alpha value is -2.47. The molecular formula is C19H24N4O2. The maximum Gasteiger partial charge on any atom is 0.319 e. The summed E-state index contributed by atoms with van der Waals surface area (Å²) in [5.41, 5.74) is 2.54. The Labute approximate surface area is 147 Å². The van der Waals surface area contributed by atoms with Gasteiger partial charge in [0.25, 0.3) is 0 Å². The number of aliphatic hydroxyl groups is 1. The van der Waals surface area contributed by atoms with Crippen LogP contribution in [0.25, 0.3) is 11.4 Å². The van der Waals surface area contributed by atoms with Crippen LogP contribution in [0.2, 0.25) is 0 Å². The predicted molar refractivity (Wildman–Crippen MR) is 97.2 cm³/mol. The highest BCUT2D eigenvalue weighted by atomic mass is 16.3. The number of anilines is 1. The van der Waals surface area contributed by atoms with Gasteiger partial charge in [0.2, 0.25) is 0 Å². The Morgan fingerprint density at radius 2 is 2.04 bits per heavy atom. The molecule has 2 atom stereocenters. The third-order valence-corrected chi connectivity index (χ3v) is 4.50. The summed E-state index contributed by atoms with van der Waals surface area (Å²) in [5, 5.41) is 15.4. The SMILES string of the molecule is Cc1ccnc(-c2ccc(NC(=O)NCC3CCCC(O)C3)cc2)n1. The van der Waals surface area contributed by atoms with Gasteiger partial charge in [-0.15, -0.1) is 0 Å². The molecule has 2 unspecified atom stereocenters. The van der Waals surface area contributed by atoms with Crippen LogP contribution < -0.4 is 10.6 Å². The van der Waals surface area contributed by atoms with E-state index in [-0.39, 0.29) is 12.1 Å². The molecule has 1 saturated carbocycles. The van der Waals surface area contributed by atoms with Crippen LogP contribution in [-0.4, -0.2) is 33.8 Å². The van der Waals surface area contributed by atoms with Gasteiger partial charge in [0.15, 0.2) is 5.82 Å². The summed E-state index contributed by atoms with van der Waals surface area (Å²) in [5.74, 6) is 1.03. The minimum Gasteiger partial charge on any atom is -0.393 e. The van der Waals surface area contributed by atoms with Crippen molar-refractivity contribution >= 4 is 11.7 Å². The molecule has 1 aromatic heterocycles. The molecule has 1 aromatic carbocycles. The fourth-order valence-corrected chi connectivity index (χ4v) is 3.15. The number of amides is 2. The zero-order chi connectivity index (χ0) is 17.6. The number of hydrogen-bond acceptors (Lipinski definition) is 4. The lowest BCUT2D eigenvalue weighted by atomic mass is 9.87. The number of rotatable bonds is 4. The van der Waals surface area contributed by atoms with Crippen LogP contribution >= 0.6 is 0 Å². The molecule has 132 valence electrons. The summed E-state index contributed by atoms with van der Waals surface area (Å²) in [6.45, 7) is 2.52. The van der Waals surface area contributed by atoms with Gasteiger partial charge in [0.05, 0.1) is 6.10 Å². The van der Waals surface area contributed by atoms with E-state index in [9.17, 15) is 9.90 Å². The molecule has 25 heavy (non-hydrogen) atoms. The van der Waals surface area contributed by atoms with Crippen LogP contribution in [0.5, 0.6) is 0 Å². The van der Waals surface area contributed by atoms with Crippen molar-refractivity contribution in [1.82, 2.24) is 15.3 Å². The molecule has 1 fully saturated rings. The van der Waals surface area contributed by atoms with Crippen LogP contribution in [0.15, 0.2) is 36.5 Å². The molecule has 6 nitrogen and oxygen atoms in total. The summed E-state index contributed by atoms with van der Waals surface area (Å²) >= 11 is 0. The average Bonchev–Trinajstić information content (AvgIpc) is 2.61. The lowest BCUT2D eigenvalue weighted by Crippen LogP contribution is -2.35. The number of hydrogen-bond donors (Lipinski definition) is 3. The first-order chi connectivity index (χ1) is 12.1. The first-order valence-corrected chi connectivity index (χ1v) is 8.73. The number of carbonyl (C=O) groups excluding carboxylic acids is 1. The maximum absolute atomic E-state index is 12.0. The Kier molecular flexibility index (Phi) is 5.60. The Morgan fingerprint density at radius 1 is 1.24 bits per heavy atom. The van der Waals surface area contributed by atoms with Gasteiger partial charge >= 0.3 is 6.03 Å². The van der Waals surface area contributed by atoms with E-state index in [0.29, 0.717) is 18.3 Å². The lowest BCUT2D eigenvalue weighted by molar-refractivity contribution is 0.101. The van der Waals surface area contributed by atoms with Gasteiger partial charge in [-0.25, -0.2) is 14.8 Å². The largest absolute Gasteiger partial charge is 0.393 e. The minimum absolute atomic E-state index is 0.222.